The zero-order chi connectivity index (χ0) is 11.5. The van der Waals surface area contributed by atoms with Gasteiger partial charge >= 0.3 is 0 Å². The fourth-order valence-electron chi connectivity index (χ4n) is 2.53. The lowest BCUT2D eigenvalue weighted by molar-refractivity contribution is 0.148. The molecule has 1 aliphatic rings. The molecule has 2 heterocycles. The van der Waals surface area contributed by atoms with Gasteiger partial charge in [0.25, 0.3) is 0 Å². The molecule has 1 aliphatic heterocycles. The topological polar surface area (TPSA) is 21.1 Å². The van der Waals surface area contributed by atoms with Crippen LogP contribution in [0.3, 0.4) is 0 Å². The molecule has 0 saturated carbocycles. The zero-order valence-corrected chi connectivity index (χ0v) is 10.7. The molecule has 1 saturated heterocycles. The maximum Gasteiger partial charge on any atom is 0.122 e. The van der Waals surface area contributed by atoms with Crippen molar-refractivity contribution in [2.75, 3.05) is 13.1 Å². The van der Waals surface area contributed by atoms with Gasteiger partial charge in [-0.25, -0.2) is 4.98 Å². The fraction of sp³-hybridized carbons (Fsp3) is 0.769. The molecule has 0 aromatic carbocycles. The van der Waals surface area contributed by atoms with E-state index in [0.717, 1.165) is 18.4 Å². The Hall–Kier alpha value is -0.830. The first-order valence-electron chi connectivity index (χ1n) is 6.35. The Morgan fingerprint density at radius 2 is 2.06 bits per heavy atom. The molecule has 0 aliphatic carbocycles. The average Bonchev–Trinajstić information content (AvgIpc) is 2.65. The van der Waals surface area contributed by atoms with Crippen LogP contribution in [0.2, 0.25) is 0 Å². The molecular weight excluding hydrogens is 198 g/mol. The van der Waals surface area contributed by atoms with Gasteiger partial charge in [-0.05, 0) is 37.8 Å². The fourth-order valence-corrected chi connectivity index (χ4v) is 2.53. The molecule has 16 heavy (non-hydrogen) atoms. The predicted octanol–water partition coefficient (Wildman–Crippen LogP) is 2.29. The van der Waals surface area contributed by atoms with E-state index in [0.29, 0.717) is 0 Å². The summed E-state index contributed by atoms with van der Waals surface area (Å²) >= 11 is 0. The first-order chi connectivity index (χ1) is 7.66. The van der Waals surface area contributed by atoms with E-state index in [1.54, 1.807) is 0 Å². The summed E-state index contributed by atoms with van der Waals surface area (Å²) in [6, 6.07) is 0. The smallest absolute Gasteiger partial charge is 0.122 e. The van der Waals surface area contributed by atoms with Crippen molar-refractivity contribution in [3.63, 3.8) is 0 Å². The Morgan fingerprint density at radius 1 is 1.38 bits per heavy atom. The zero-order valence-electron chi connectivity index (χ0n) is 10.7. The lowest BCUT2D eigenvalue weighted by Crippen LogP contribution is -2.35. The Labute approximate surface area is 98.5 Å². The summed E-state index contributed by atoms with van der Waals surface area (Å²) in [4.78, 5) is 6.91. The number of aryl methyl sites for hydroxylation is 1. The SMILES string of the molecule is CC(C)C1CCN(Cc2nccn2C)CC1. The van der Waals surface area contributed by atoms with Gasteiger partial charge in [-0.3, -0.25) is 4.90 Å². The van der Waals surface area contributed by atoms with Crippen molar-refractivity contribution in [2.24, 2.45) is 18.9 Å². The van der Waals surface area contributed by atoms with Crippen molar-refractivity contribution in [1.29, 1.82) is 0 Å². The van der Waals surface area contributed by atoms with Crippen molar-refractivity contribution >= 4 is 0 Å². The third kappa shape index (κ3) is 2.64. The van der Waals surface area contributed by atoms with Gasteiger partial charge in [-0.15, -0.1) is 0 Å². The molecule has 3 nitrogen and oxygen atoms in total. The van der Waals surface area contributed by atoms with E-state index < -0.39 is 0 Å². The highest BCUT2D eigenvalue weighted by Crippen LogP contribution is 2.24. The Balaban J connectivity index is 1.84. The largest absolute Gasteiger partial charge is 0.337 e. The summed E-state index contributed by atoms with van der Waals surface area (Å²) < 4.78 is 2.12. The number of rotatable bonds is 3. The lowest BCUT2D eigenvalue weighted by Gasteiger charge is -2.33. The molecule has 0 amide bonds. The first-order valence-corrected chi connectivity index (χ1v) is 6.35. The van der Waals surface area contributed by atoms with Crippen LogP contribution in [-0.2, 0) is 13.6 Å². The third-order valence-electron chi connectivity index (χ3n) is 3.86. The van der Waals surface area contributed by atoms with Gasteiger partial charge in [0.2, 0.25) is 0 Å². The molecule has 0 spiro atoms. The summed E-state index contributed by atoms with van der Waals surface area (Å²) in [5, 5.41) is 0. The summed E-state index contributed by atoms with van der Waals surface area (Å²) in [6.07, 6.45) is 6.61. The monoisotopic (exact) mass is 221 g/mol. The minimum absolute atomic E-state index is 0.843. The van der Waals surface area contributed by atoms with Crippen molar-refractivity contribution in [3.05, 3.63) is 18.2 Å². The van der Waals surface area contributed by atoms with Gasteiger partial charge in [0.15, 0.2) is 0 Å². The van der Waals surface area contributed by atoms with Crippen LogP contribution >= 0.6 is 0 Å². The van der Waals surface area contributed by atoms with Gasteiger partial charge in [0.1, 0.15) is 5.82 Å². The van der Waals surface area contributed by atoms with Crippen LogP contribution in [0.15, 0.2) is 12.4 Å². The maximum atomic E-state index is 4.39. The van der Waals surface area contributed by atoms with E-state index in [2.05, 4.69) is 35.3 Å². The number of hydrogen-bond acceptors (Lipinski definition) is 2. The standard InChI is InChI=1S/C13H23N3/c1-11(2)12-4-7-16(8-5-12)10-13-14-6-9-15(13)3/h6,9,11-12H,4-5,7-8,10H2,1-3H3. The second-order valence-electron chi connectivity index (χ2n) is 5.31. The molecule has 0 unspecified atom stereocenters. The second kappa shape index (κ2) is 5.00. The third-order valence-corrected chi connectivity index (χ3v) is 3.86. The first kappa shape index (κ1) is 11.6. The van der Waals surface area contributed by atoms with Crippen LogP contribution in [0.4, 0.5) is 0 Å². The molecule has 1 fully saturated rings. The number of imidazole rings is 1. The molecule has 0 bridgehead atoms. The number of piperidine rings is 1. The van der Waals surface area contributed by atoms with Crippen LogP contribution in [0.5, 0.6) is 0 Å². The van der Waals surface area contributed by atoms with Crippen LogP contribution in [0.25, 0.3) is 0 Å². The summed E-state index contributed by atoms with van der Waals surface area (Å²) in [6.45, 7) is 8.16. The van der Waals surface area contributed by atoms with Gasteiger partial charge in [0, 0.05) is 19.4 Å². The Kier molecular flexibility index (Phi) is 3.64. The Morgan fingerprint density at radius 3 is 2.56 bits per heavy atom. The Bertz CT molecular complexity index is 322. The molecular formula is C13H23N3. The molecule has 1 aromatic heterocycles. The van der Waals surface area contributed by atoms with Crippen molar-refractivity contribution in [2.45, 2.75) is 33.2 Å². The number of aromatic nitrogens is 2. The molecule has 0 radical (unpaired) electrons. The summed E-state index contributed by atoms with van der Waals surface area (Å²) in [5.41, 5.74) is 0. The van der Waals surface area contributed by atoms with E-state index in [4.69, 9.17) is 0 Å². The highest BCUT2D eigenvalue weighted by Gasteiger charge is 2.21. The van der Waals surface area contributed by atoms with Crippen molar-refractivity contribution in [3.8, 4) is 0 Å². The van der Waals surface area contributed by atoms with Gasteiger partial charge in [0.05, 0.1) is 6.54 Å². The molecule has 0 atom stereocenters. The quantitative estimate of drug-likeness (QED) is 0.781. The van der Waals surface area contributed by atoms with Crippen LogP contribution < -0.4 is 0 Å². The molecule has 1 aromatic rings. The van der Waals surface area contributed by atoms with Crippen molar-refractivity contribution in [1.82, 2.24) is 14.5 Å². The second-order valence-corrected chi connectivity index (χ2v) is 5.31. The summed E-state index contributed by atoms with van der Waals surface area (Å²) in [7, 11) is 2.07. The average molecular weight is 221 g/mol. The van der Waals surface area contributed by atoms with Crippen LogP contribution in [0.1, 0.15) is 32.5 Å². The van der Waals surface area contributed by atoms with Crippen LogP contribution in [-0.4, -0.2) is 27.5 Å². The highest BCUT2D eigenvalue weighted by atomic mass is 15.2. The molecule has 90 valence electrons. The predicted molar refractivity (Wildman–Crippen MR) is 66.0 cm³/mol. The van der Waals surface area contributed by atoms with Crippen molar-refractivity contribution < 1.29 is 0 Å². The normalized spacial score (nSPS) is 19.5. The molecule has 2 rings (SSSR count). The minimum Gasteiger partial charge on any atom is -0.337 e. The minimum atomic E-state index is 0.843. The van der Waals surface area contributed by atoms with Gasteiger partial charge < -0.3 is 4.57 Å². The summed E-state index contributed by atoms with van der Waals surface area (Å²) in [5.74, 6) is 2.95. The van der Waals surface area contributed by atoms with E-state index >= 15 is 0 Å². The maximum absolute atomic E-state index is 4.39. The number of nitrogens with zero attached hydrogens (tertiary/aromatic N) is 3. The van der Waals surface area contributed by atoms with E-state index in [9.17, 15) is 0 Å². The van der Waals surface area contributed by atoms with Gasteiger partial charge in [-0.1, -0.05) is 13.8 Å². The lowest BCUT2D eigenvalue weighted by atomic mass is 9.87. The number of hydrogen-bond donors (Lipinski definition) is 0. The van der Waals surface area contributed by atoms with Crippen LogP contribution in [0, 0.1) is 11.8 Å². The van der Waals surface area contributed by atoms with E-state index in [1.807, 2.05) is 12.4 Å². The number of likely N-dealkylation sites (tertiary alicyclic amines) is 1. The highest BCUT2D eigenvalue weighted by molar-refractivity contribution is 4.91. The molecule has 3 heteroatoms. The van der Waals surface area contributed by atoms with Gasteiger partial charge in [-0.2, -0.15) is 0 Å². The van der Waals surface area contributed by atoms with E-state index in [-0.39, 0.29) is 0 Å². The molecule has 0 N–H and O–H groups in total. The van der Waals surface area contributed by atoms with E-state index in [1.165, 1.54) is 31.8 Å².